The van der Waals surface area contributed by atoms with Crippen LogP contribution in [0.25, 0.3) is 43.9 Å². The number of para-hydroxylation sites is 1. The van der Waals surface area contributed by atoms with Gasteiger partial charge < -0.3 is 38.5 Å². The number of carbonyl (C=O) groups excluding carboxylic acids is 2. The third-order valence-corrected chi connectivity index (χ3v) is 15.6. The number of aliphatic hydroxyl groups is 1. The molecule has 1 aliphatic carbocycles. The Morgan fingerprint density at radius 3 is 2.50 bits per heavy atom. The molecule has 7 heterocycles. The van der Waals surface area contributed by atoms with Crippen LogP contribution in [0.1, 0.15) is 88.3 Å². The second-order valence-corrected chi connectivity index (χ2v) is 20.5. The smallest absolute Gasteiger partial charge is 0.319 e. The summed E-state index contributed by atoms with van der Waals surface area (Å²) in [5, 5.41) is 20.0. The number of likely N-dealkylation sites (tertiary alicyclic amines) is 1. The highest BCUT2D eigenvalue weighted by molar-refractivity contribution is 6.04. The summed E-state index contributed by atoms with van der Waals surface area (Å²) in [4.78, 5) is 45.6. The van der Waals surface area contributed by atoms with E-state index in [-0.39, 0.29) is 70.8 Å². The summed E-state index contributed by atoms with van der Waals surface area (Å²) in [6.07, 6.45) is 15.7. The molecule has 3 aromatic carbocycles. The minimum atomic E-state index is -0.987. The van der Waals surface area contributed by atoms with Crippen molar-refractivity contribution >= 4 is 56.0 Å². The molecular weight excluding hydrogens is 899 g/mol. The quantitative estimate of drug-likeness (QED) is 0.0698. The van der Waals surface area contributed by atoms with Crippen molar-refractivity contribution < 1.29 is 42.2 Å². The first-order valence-corrected chi connectivity index (χ1v) is 24.4. The molecule has 364 valence electrons. The number of terminal acetylenes is 1. The van der Waals surface area contributed by atoms with Crippen LogP contribution in [0.4, 0.5) is 20.3 Å². The number of pyridine rings is 1. The van der Waals surface area contributed by atoms with E-state index in [0.717, 1.165) is 82.3 Å². The average Bonchev–Trinajstić information content (AvgIpc) is 3.99. The van der Waals surface area contributed by atoms with Gasteiger partial charge >= 0.3 is 6.01 Å². The van der Waals surface area contributed by atoms with Crippen LogP contribution in [0.15, 0.2) is 53.2 Å². The number of carbonyl (C=O) groups is 2. The molecular formula is C53H56F2N8O7. The molecule has 1 unspecified atom stereocenters. The highest BCUT2D eigenvalue weighted by atomic mass is 19.1. The highest BCUT2D eigenvalue weighted by Gasteiger charge is 2.47. The van der Waals surface area contributed by atoms with Crippen molar-refractivity contribution in [3.05, 3.63) is 71.6 Å². The van der Waals surface area contributed by atoms with E-state index >= 15 is 8.78 Å². The van der Waals surface area contributed by atoms with Gasteiger partial charge in [0.25, 0.3) is 0 Å². The number of piperidine rings is 4. The lowest BCUT2D eigenvalue weighted by molar-refractivity contribution is -0.134. The van der Waals surface area contributed by atoms with Crippen LogP contribution in [0, 0.1) is 34.8 Å². The van der Waals surface area contributed by atoms with E-state index in [1.165, 1.54) is 19.4 Å². The first kappa shape index (κ1) is 45.9. The fourth-order valence-corrected chi connectivity index (χ4v) is 11.4. The number of benzene rings is 3. The van der Waals surface area contributed by atoms with Crippen LogP contribution >= 0.6 is 0 Å². The van der Waals surface area contributed by atoms with Gasteiger partial charge in [0.05, 0.1) is 34.8 Å². The van der Waals surface area contributed by atoms with Gasteiger partial charge in [-0.3, -0.25) is 19.9 Å². The Morgan fingerprint density at radius 1 is 0.957 bits per heavy atom. The number of ether oxygens (including phenoxy) is 3. The molecule has 15 nitrogen and oxygen atoms in total. The summed E-state index contributed by atoms with van der Waals surface area (Å²) in [6, 6.07) is 12.1. The largest absolute Gasteiger partial charge is 0.468 e. The second kappa shape index (κ2) is 18.0. The van der Waals surface area contributed by atoms with E-state index in [1.54, 1.807) is 25.1 Å². The number of β-amino-alcohol motifs (C(OH)–C–C–N with tert-alkyl or cyclic N) is 1. The van der Waals surface area contributed by atoms with Crippen LogP contribution in [0.5, 0.6) is 11.8 Å². The Bertz CT molecular complexity index is 3080. The third-order valence-electron chi connectivity index (χ3n) is 15.6. The average molecular weight is 955 g/mol. The van der Waals surface area contributed by atoms with Crippen molar-refractivity contribution in [2.24, 2.45) is 10.8 Å². The predicted octanol–water partition coefficient (Wildman–Crippen LogP) is 7.64. The number of rotatable bonds is 12. The number of amides is 2. The second-order valence-electron chi connectivity index (χ2n) is 20.5. The van der Waals surface area contributed by atoms with Gasteiger partial charge in [0.2, 0.25) is 11.8 Å². The Labute approximate surface area is 403 Å². The van der Waals surface area contributed by atoms with Crippen molar-refractivity contribution in [3.8, 4) is 35.4 Å². The van der Waals surface area contributed by atoms with E-state index in [0.29, 0.717) is 71.4 Å². The van der Waals surface area contributed by atoms with Gasteiger partial charge in [0, 0.05) is 74.2 Å². The van der Waals surface area contributed by atoms with E-state index < -0.39 is 23.2 Å². The van der Waals surface area contributed by atoms with Crippen molar-refractivity contribution in [2.45, 2.75) is 82.7 Å². The van der Waals surface area contributed by atoms with Crippen molar-refractivity contribution in [1.82, 2.24) is 30.3 Å². The minimum absolute atomic E-state index is 0.0167. The van der Waals surface area contributed by atoms with Gasteiger partial charge in [-0.15, -0.1) is 6.42 Å². The van der Waals surface area contributed by atoms with E-state index in [2.05, 4.69) is 37.2 Å². The SMILES string of the molecule is C#Cc1c(F)ccc2cc(OCOC)cc(-c3ncc4c(N5CCC[C@@](C)(O)C5)nc(OCC5(CN6CCC7(CC6)CCN(c6cccc8c(C9CCC(=O)NC9=O)noc68)CC7)CC5)nc4c3F)c12. The maximum Gasteiger partial charge on any atom is 0.319 e. The number of fused-ring (bicyclic) bond motifs is 3. The topological polar surface area (TPSA) is 169 Å². The lowest BCUT2D eigenvalue weighted by atomic mass is 9.71. The zero-order chi connectivity index (χ0) is 48.4. The van der Waals surface area contributed by atoms with Crippen LogP contribution in [-0.4, -0.2) is 114 Å². The van der Waals surface area contributed by atoms with Crippen LogP contribution < -0.4 is 24.6 Å². The fourth-order valence-electron chi connectivity index (χ4n) is 11.4. The Hall–Kier alpha value is -6.48. The van der Waals surface area contributed by atoms with Crippen molar-refractivity contribution in [1.29, 1.82) is 0 Å². The molecule has 17 heteroatoms. The molecule has 5 aliphatic rings. The molecule has 70 heavy (non-hydrogen) atoms. The highest BCUT2D eigenvalue weighted by Crippen LogP contribution is 2.49. The zero-order valence-electron chi connectivity index (χ0n) is 39.5. The number of nitrogens with zero attached hydrogens (tertiary/aromatic N) is 7. The maximum atomic E-state index is 17.4. The monoisotopic (exact) mass is 954 g/mol. The number of halogens is 2. The number of hydrogen-bond acceptors (Lipinski definition) is 14. The van der Waals surface area contributed by atoms with Crippen LogP contribution in [0.2, 0.25) is 0 Å². The van der Waals surface area contributed by atoms with Gasteiger partial charge in [0.15, 0.2) is 18.2 Å². The number of aromatic nitrogens is 4. The van der Waals surface area contributed by atoms with Gasteiger partial charge in [0.1, 0.15) is 34.3 Å². The summed E-state index contributed by atoms with van der Waals surface area (Å²) >= 11 is 0. The molecule has 6 aromatic rings. The lowest BCUT2D eigenvalue weighted by Crippen LogP contribution is -2.48. The fraction of sp³-hybridized carbons (Fsp3) is 0.472. The first-order valence-electron chi connectivity index (χ1n) is 24.4. The summed E-state index contributed by atoms with van der Waals surface area (Å²) in [5.41, 5.74) is 1.52. The normalized spacial score (nSPS) is 22.4. The Morgan fingerprint density at radius 2 is 1.76 bits per heavy atom. The number of hydrogen-bond donors (Lipinski definition) is 2. The Balaban J connectivity index is 0.798. The maximum absolute atomic E-state index is 17.4. The summed E-state index contributed by atoms with van der Waals surface area (Å²) in [6.45, 7) is 7.57. The summed E-state index contributed by atoms with van der Waals surface area (Å²) in [5.74, 6) is 0.755. The molecule has 11 rings (SSSR count). The number of anilines is 2. The van der Waals surface area contributed by atoms with Crippen molar-refractivity contribution in [2.75, 3.05) is 76.1 Å². The molecule has 3 aromatic heterocycles. The van der Waals surface area contributed by atoms with Crippen LogP contribution in [-0.2, 0) is 14.3 Å². The zero-order valence-corrected chi connectivity index (χ0v) is 39.5. The third kappa shape index (κ3) is 8.64. The van der Waals surface area contributed by atoms with Gasteiger partial charge in [-0.1, -0.05) is 23.2 Å². The molecule has 5 fully saturated rings. The molecule has 0 radical (unpaired) electrons. The summed E-state index contributed by atoms with van der Waals surface area (Å²) in [7, 11) is 1.49. The molecule has 2 amide bonds. The standard InChI is InChI=1S/C53H56F2N8O7/c1-4-34-39(54)11-9-32-25-33(69-31-67-3)26-37(42(32)34)45-43(55)46-38(27-56-45)48(63-20-6-13-51(2,66)28-63)59-50(58-46)68-30-53(14-15-53)29-61-21-16-52(17-22-61)18-23-62(24-19-52)40-8-5-7-35-44(60-70-47(35)40)36-10-12-41(64)57-49(36)65/h1,5,7-9,11,25-27,36,66H,6,10,12-24,28-31H2,2-3H3,(H,57,64,65)/t36?,51-/m1/s1. The molecule has 4 aliphatic heterocycles. The van der Waals surface area contributed by atoms with Gasteiger partial charge in [-0.25, -0.2) is 8.78 Å². The molecule has 0 bridgehead atoms. The predicted molar refractivity (Wildman–Crippen MR) is 259 cm³/mol. The van der Waals surface area contributed by atoms with E-state index in [1.807, 2.05) is 17.0 Å². The Kier molecular flexibility index (Phi) is 11.8. The van der Waals surface area contributed by atoms with E-state index in [4.69, 9.17) is 35.1 Å². The van der Waals surface area contributed by atoms with E-state index in [9.17, 15) is 14.7 Å². The molecule has 2 N–H and O–H groups in total. The van der Waals surface area contributed by atoms with Crippen molar-refractivity contribution in [3.63, 3.8) is 0 Å². The number of imide groups is 1. The first-order chi connectivity index (χ1) is 33.8. The number of methoxy groups -OCH3 is 1. The summed E-state index contributed by atoms with van der Waals surface area (Å²) < 4.78 is 55.9. The molecule has 1 saturated carbocycles. The van der Waals surface area contributed by atoms with Crippen LogP contribution in [0.3, 0.4) is 0 Å². The minimum Gasteiger partial charge on any atom is -0.468 e. The lowest BCUT2D eigenvalue weighted by Gasteiger charge is -2.47. The number of nitrogens with one attached hydrogen (secondary N) is 1. The molecule has 1 spiro atoms. The van der Waals surface area contributed by atoms with Gasteiger partial charge in [-0.05, 0) is 119 Å². The molecule has 4 saturated heterocycles. The van der Waals surface area contributed by atoms with Gasteiger partial charge in [-0.2, -0.15) is 9.97 Å². The molecule has 2 atom stereocenters.